The second-order valence-electron chi connectivity index (χ2n) is 8.26. The summed E-state index contributed by atoms with van der Waals surface area (Å²) in [6.45, 7) is 4.32. The lowest BCUT2D eigenvalue weighted by Gasteiger charge is -2.24. The van der Waals surface area contributed by atoms with Crippen molar-refractivity contribution in [2.24, 2.45) is 4.99 Å². The first-order valence-electron chi connectivity index (χ1n) is 12.2. The molecule has 3 heterocycles. The van der Waals surface area contributed by atoms with Crippen LogP contribution in [0.15, 0.2) is 81.4 Å². The highest BCUT2D eigenvalue weighted by Crippen LogP contribution is 2.37. The highest BCUT2D eigenvalue weighted by Gasteiger charge is 2.35. The molecule has 2 aromatic heterocycles. The number of nitrogens with zero attached hydrogens (tertiary/aromatic N) is 2. The standard InChI is InChI=1S/C29H26N2O5S2/c1-4-35-26-19(13-9-14-20(26)34-3)17-22-27(32)31-25(21-15-10-16-37-21)23(28(33)36-5-2)24(30-29(31)38-22)18-11-7-6-8-12-18/h6-17,25H,4-5H2,1-3H3/b22-17-/t25-/m1/s1. The van der Waals surface area contributed by atoms with Gasteiger partial charge in [-0.1, -0.05) is 59.9 Å². The number of thiophene rings is 1. The maximum Gasteiger partial charge on any atom is 0.338 e. The van der Waals surface area contributed by atoms with Gasteiger partial charge in [-0.15, -0.1) is 11.3 Å². The third-order valence-corrected chi connectivity index (χ3v) is 7.90. The van der Waals surface area contributed by atoms with Gasteiger partial charge in [0.15, 0.2) is 16.3 Å². The van der Waals surface area contributed by atoms with E-state index in [1.165, 1.54) is 22.7 Å². The summed E-state index contributed by atoms with van der Waals surface area (Å²) >= 11 is 2.75. The Labute approximate surface area is 227 Å². The van der Waals surface area contributed by atoms with Gasteiger partial charge in [-0.05, 0) is 37.4 Å². The summed E-state index contributed by atoms with van der Waals surface area (Å²) in [4.78, 5) is 33.6. The van der Waals surface area contributed by atoms with Gasteiger partial charge >= 0.3 is 5.97 Å². The Balaban J connectivity index is 1.80. The minimum Gasteiger partial charge on any atom is -0.493 e. The van der Waals surface area contributed by atoms with Crippen molar-refractivity contribution in [1.29, 1.82) is 0 Å². The maximum atomic E-state index is 14.0. The predicted octanol–water partition coefficient (Wildman–Crippen LogP) is 4.40. The van der Waals surface area contributed by atoms with E-state index >= 15 is 0 Å². The summed E-state index contributed by atoms with van der Waals surface area (Å²) in [6, 6.07) is 18.2. The number of fused-ring (bicyclic) bond motifs is 1. The molecule has 0 N–H and O–H groups in total. The number of benzene rings is 2. The summed E-state index contributed by atoms with van der Waals surface area (Å²) in [7, 11) is 1.58. The summed E-state index contributed by atoms with van der Waals surface area (Å²) < 4.78 is 18.9. The fourth-order valence-electron chi connectivity index (χ4n) is 4.40. The molecular weight excluding hydrogens is 520 g/mol. The monoisotopic (exact) mass is 546 g/mol. The second kappa shape index (κ2) is 11.2. The molecule has 0 saturated carbocycles. The summed E-state index contributed by atoms with van der Waals surface area (Å²) in [5.74, 6) is 0.658. The summed E-state index contributed by atoms with van der Waals surface area (Å²) in [5.41, 5.74) is 2.10. The average molecular weight is 547 g/mol. The fourth-order valence-corrected chi connectivity index (χ4v) is 6.22. The minimum atomic E-state index is -0.667. The molecule has 194 valence electrons. The molecule has 0 aliphatic carbocycles. The predicted molar refractivity (Wildman–Crippen MR) is 150 cm³/mol. The molecule has 0 fully saturated rings. The molecule has 2 aromatic carbocycles. The molecular formula is C29H26N2O5S2. The van der Waals surface area contributed by atoms with E-state index in [2.05, 4.69) is 0 Å². The molecule has 1 aliphatic rings. The van der Waals surface area contributed by atoms with E-state index in [-0.39, 0.29) is 12.2 Å². The van der Waals surface area contributed by atoms with Crippen molar-refractivity contribution < 1.29 is 19.0 Å². The topological polar surface area (TPSA) is 79.1 Å². The van der Waals surface area contributed by atoms with Gasteiger partial charge in [0, 0.05) is 16.0 Å². The van der Waals surface area contributed by atoms with E-state index in [9.17, 15) is 9.59 Å². The Kier molecular flexibility index (Phi) is 7.57. The normalized spacial score (nSPS) is 15.1. The van der Waals surface area contributed by atoms with Crippen molar-refractivity contribution in [3.05, 3.63) is 107 Å². The molecule has 0 amide bonds. The van der Waals surface area contributed by atoms with Crippen LogP contribution in [0.5, 0.6) is 11.5 Å². The molecule has 0 radical (unpaired) electrons. The molecule has 5 rings (SSSR count). The first kappa shape index (κ1) is 25.7. The van der Waals surface area contributed by atoms with Crippen molar-refractivity contribution >= 4 is 40.4 Å². The molecule has 1 atom stereocenters. The third kappa shape index (κ3) is 4.70. The van der Waals surface area contributed by atoms with Gasteiger partial charge in [-0.25, -0.2) is 9.79 Å². The molecule has 4 aromatic rings. The third-order valence-electron chi connectivity index (χ3n) is 5.99. The van der Waals surface area contributed by atoms with Crippen molar-refractivity contribution in [2.75, 3.05) is 20.3 Å². The van der Waals surface area contributed by atoms with Crippen LogP contribution in [-0.2, 0) is 9.53 Å². The first-order chi connectivity index (χ1) is 18.6. The zero-order chi connectivity index (χ0) is 26.6. The first-order valence-corrected chi connectivity index (χ1v) is 13.9. The van der Waals surface area contributed by atoms with E-state index in [1.54, 1.807) is 24.7 Å². The molecule has 9 heteroatoms. The lowest BCUT2D eigenvalue weighted by molar-refractivity contribution is -0.138. The number of carbonyl (C=O) groups is 1. The molecule has 38 heavy (non-hydrogen) atoms. The van der Waals surface area contributed by atoms with Gasteiger partial charge in [0.05, 0.1) is 36.1 Å². The van der Waals surface area contributed by atoms with Crippen LogP contribution in [0.25, 0.3) is 11.8 Å². The van der Waals surface area contributed by atoms with E-state index in [0.717, 1.165) is 16.0 Å². The molecule has 0 saturated heterocycles. The van der Waals surface area contributed by atoms with Crippen molar-refractivity contribution in [1.82, 2.24) is 4.57 Å². The van der Waals surface area contributed by atoms with E-state index < -0.39 is 12.0 Å². The van der Waals surface area contributed by atoms with E-state index in [1.807, 2.05) is 73.0 Å². The van der Waals surface area contributed by atoms with Crippen LogP contribution in [0.3, 0.4) is 0 Å². The van der Waals surface area contributed by atoms with Crippen molar-refractivity contribution in [3.8, 4) is 11.5 Å². The lowest BCUT2D eigenvalue weighted by Crippen LogP contribution is -2.39. The Bertz CT molecular complexity index is 1670. The van der Waals surface area contributed by atoms with Crippen LogP contribution >= 0.6 is 22.7 Å². The summed E-state index contributed by atoms with van der Waals surface area (Å²) in [6.07, 6.45) is 1.79. The quantitative estimate of drug-likeness (QED) is 0.306. The molecule has 0 spiro atoms. The van der Waals surface area contributed by atoms with Crippen LogP contribution in [0.4, 0.5) is 0 Å². The van der Waals surface area contributed by atoms with Crippen LogP contribution in [0.1, 0.15) is 35.9 Å². The number of hydrogen-bond donors (Lipinski definition) is 0. The number of aromatic nitrogens is 1. The average Bonchev–Trinajstić information content (AvgIpc) is 3.58. The lowest BCUT2D eigenvalue weighted by atomic mass is 9.97. The smallest absolute Gasteiger partial charge is 0.338 e. The fraction of sp³-hybridized carbons (Fsp3) is 0.207. The Morgan fingerprint density at radius 3 is 2.55 bits per heavy atom. The largest absolute Gasteiger partial charge is 0.493 e. The highest BCUT2D eigenvalue weighted by atomic mass is 32.1. The number of ether oxygens (including phenoxy) is 3. The van der Waals surface area contributed by atoms with Crippen LogP contribution in [0.2, 0.25) is 0 Å². The van der Waals surface area contributed by atoms with Gasteiger partial charge in [0.2, 0.25) is 0 Å². The number of para-hydroxylation sites is 1. The number of methoxy groups -OCH3 is 1. The maximum absolute atomic E-state index is 14.0. The number of thiazole rings is 1. The minimum absolute atomic E-state index is 0.210. The zero-order valence-corrected chi connectivity index (χ0v) is 22.8. The number of rotatable bonds is 8. The molecule has 0 bridgehead atoms. The van der Waals surface area contributed by atoms with Crippen LogP contribution in [-0.4, -0.2) is 30.9 Å². The Morgan fingerprint density at radius 2 is 1.87 bits per heavy atom. The molecule has 1 aliphatic heterocycles. The van der Waals surface area contributed by atoms with E-state index in [4.69, 9.17) is 19.2 Å². The molecule has 0 unspecified atom stereocenters. The van der Waals surface area contributed by atoms with Gasteiger partial charge in [-0.2, -0.15) is 0 Å². The van der Waals surface area contributed by atoms with Crippen LogP contribution in [0, 0.1) is 0 Å². The van der Waals surface area contributed by atoms with Crippen molar-refractivity contribution in [3.63, 3.8) is 0 Å². The van der Waals surface area contributed by atoms with E-state index in [0.29, 0.717) is 38.7 Å². The van der Waals surface area contributed by atoms with Gasteiger partial charge < -0.3 is 14.2 Å². The Morgan fingerprint density at radius 1 is 1.05 bits per heavy atom. The van der Waals surface area contributed by atoms with Crippen molar-refractivity contribution in [2.45, 2.75) is 19.9 Å². The van der Waals surface area contributed by atoms with Crippen LogP contribution < -0.4 is 24.4 Å². The number of hydrogen-bond acceptors (Lipinski definition) is 8. The molecule has 7 nitrogen and oxygen atoms in total. The number of carbonyl (C=O) groups excluding carboxylic acids is 1. The van der Waals surface area contributed by atoms with Gasteiger partial charge in [0.1, 0.15) is 6.04 Å². The Hall–Kier alpha value is -3.95. The SMILES string of the molecule is CCOC(=O)C1=C(c2ccccc2)N=c2s/c(=C\c3cccc(OC)c3OCC)c(=O)n2[C@@H]1c1cccs1. The highest BCUT2D eigenvalue weighted by molar-refractivity contribution is 7.10. The van der Waals surface area contributed by atoms with Gasteiger partial charge in [0.25, 0.3) is 5.56 Å². The summed E-state index contributed by atoms with van der Waals surface area (Å²) in [5, 5.41) is 1.93. The second-order valence-corrected chi connectivity index (χ2v) is 10.2. The van der Waals surface area contributed by atoms with Gasteiger partial charge in [-0.3, -0.25) is 9.36 Å². The number of esters is 1. The zero-order valence-electron chi connectivity index (χ0n) is 21.2.